The van der Waals surface area contributed by atoms with Crippen LogP contribution in [0, 0.1) is 0 Å². The summed E-state index contributed by atoms with van der Waals surface area (Å²) >= 11 is 0. The van der Waals surface area contributed by atoms with Crippen LogP contribution < -0.4 is 5.32 Å². The van der Waals surface area contributed by atoms with Crippen LogP contribution in [0.4, 0.5) is 0 Å². The number of para-hydroxylation sites is 1. The van der Waals surface area contributed by atoms with Gasteiger partial charge in [-0.05, 0) is 124 Å². The highest BCUT2D eigenvalue weighted by molar-refractivity contribution is 6.24. The van der Waals surface area contributed by atoms with Crippen molar-refractivity contribution in [2.24, 2.45) is 9.98 Å². The van der Waals surface area contributed by atoms with Crippen molar-refractivity contribution in [3.05, 3.63) is 308 Å². The summed E-state index contributed by atoms with van der Waals surface area (Å²) < 4.78 is 13.8. The third-order valence-corrected chi connectivity index (χ3v) is 19.3. The number of hydrogen-bond donors (Lipinski definition) is 1. The lowest BCUT2D eigenvalue weighted by atomic mass is 9.90. The first-order valence-electron chi connectivity index (χ1n) is 31.8. The Kier molecular flexibility index (Phi) is 11.3. The number of aromatic nitrogens is 3. The number of nitrogens with zero attached hydrogens (tertiary/aromatic N) is 5. The fourth-order valence-corrected chi connectivity index (χ4v) is 15.1. The van der Waals surface area contributed by atoms with E-state index < -0.39 is 6.17 Å². The summed E-state index contributed by atoms with van der Waals surface area (Å²) in [6.45, 7) is 0. The molecule has 0 radical (unpaired) electrons. The van der Waals surface area contributed by atoms with Gasteiger partial charge in [0.2, 0.25) is 0 Å². The Labute approximate surface area is 539 Å². The smallest absolute Gasteiger partial charge is 0.164 e. The van der Waals surface area contributed by atoms with Crippen LogP contribution in [0.3, 0.4) is 0 Å². The van der Waals surface area contributed by atoms with Gasteiger partial charge in [-0.25, -0.2) is 24.9 Å². The third kappa shape index (κ3) is 7.96. The Bertz CT molecular complexity index is 6070. The number of rotatable bonds is 9. The van der Waals surface area contributed by atoms with E-state index in [0.29, 0.717) is 23.3 Å². The molecule has 1 N–H and O–H groups in total. The van der Waals surface area contributed by atoms with Gasteiger partial charge in [0.25, 0.3) is 0 Å². The molecule has 3 aromatic heterocycles. The molecular formula is C86H50N6O2. The summed E-state index contributed by atoms with van der Waals surface area (Å²) in [6, 6.07) is 103. The molecule has 0 spiro atoms. The Balaban J connectivity index is 0.661. The van der Waals surface area contributed by atoms with Crippen molar-refractivity contribution in [1.82, 2.24) is 20.3 Å². The minimum Gasteiger partial charge on any atom is -0.456 e. The molecule has 1 atom stereocenters. The van der Waals surface area contributed by atoms with Gasteiger partial charge in [0.15, 0.2) is 23.3 Å². The van der Waals surface area contributed by atoms with E-state index in [2.05, 4.69) is 181 Å². The Morgan fingerprint density at radius 2 is 0.798 bits per heavy atom. The minimum atomic E-state index is -0.440. The van der Waals surface area contributed by atoms with Crippen LogP contribution in [0.2, 0.25) is 0 Å². The summed E-state index contributed by atoms with van der Waals surface area (Å²) in [7, 11) is 0. The molecule has 1 aliphatic heterocycles. The van der Waals surface area contributed by atoms with Crippen LogP contribution in [0.1, 0.15) is 22.9 Å². The zero-order chi connectivity index (χ0) is 61.5. The van der Waals surface area contributed by atoms with Gasteiger partial charge in [-0.2, -0.15) is 0 Å². The Hall–Kier alpha value is -12.7. The van der Waals surface area contributed by atoms with Crippen molar-refractivity contribution >= 4 is 77.1 Å². The van der Waals surface area contributed by atoms with E-state index in [0.717, 1.165) is 105 Å². The summed E-state index contributed by atoms with van der Waals surface area (Å²) in [4.78, 5) is 25.6. The largest absolute Gasteiger partial charge is 0.456 e. The molecule has 1 unspecified atom stereocenters. The molecular weight excluding hydrogens is 1150 g/mol. The number of hydrogen-bond acceptors (Lipinski definition) is 8. The van der Waals surface area contributed by atoms with Gasteiger partial charge in [-0.15, -0.1) is 0 Å². The normalized spacial score (nSPS) is 13.6. The fourth-order valence-electron chi connectivity index (χ4n) is 15.1. The topological polar surface area (TPSA) is 102 Å². The number of fused-ring (bicyclic) bond motifs is 12. The second-order valence-electron chi connectivity index (χ2n) is 24.5. The third-order valence-electron chi connectivity index (χ3n) is 19.3. The molecule has 8 heteroatoms. The van der Waals surface area contributed by atoms with E-state index in [1.165, 1.54) is 77.2 Å². The zero-order valence-electron chi connectivity index (χ0n) is 50.3. The maximum absolute atomic E-state index is 7.01. The van der Waals surface area contributed by atoms with Crippen LogP contribution in [-0.2, 0) is 0 Å². The maximum atomic E-state index is 7.01. The lowest BCUT2D eigenvalue weighted by molar-refractivity contribution is 0.663. The van der Waals surface area contributed by atoms with Gasteiger partial charge in [0.05, 0.1) is 0 Å². The molecule has 0 fully saturated rings. The minimum absolute atomic E-state index is 0.440. The average Bonchev–Trinajstić information content (AvgIpc) is 1.55. The van der Waals surface area contributed by atoms with E-state index in [1.807, 2.05) is 115 Å². The van der Waals surface area contributed by atoms with Crippen molar-refractivity contribution in [3.63, 3.8) is 0 Å². The molecule has 3 aliphatic rings. The molecule has 0 bridgehead atoms. The molecule has 4 heterocycles. The lowest BCUT2D eigenvalue weighted by Crippen LogP contribution is -2.33. The Morgan fingerprint density at radius 3 is 1.57 bits per heavy atom. The van der Waals surface area contributed by atoms with E-state index in [4.69, 9.17) is 33.8 Å². The van der Waals surface area contributed by atoms with Crippen molar-refractivity contribution < 1.29 is 8.83 Å². The monoisotopic (exact) mass is 1200 g/mol. The van der Waals surface area contributed by atoms with E-state index in [9.17, 15) is 0 Å². The van der Waals surface area contributed by atoms with Crippen LogP contribution in [0.5, 0.6) is 0 Å². The molecule has 17 aromatic rings. The molecule has 436 valence electrons. The fraction of sp³-hybridized carbons (Fsp3) is 0.0116. The number of furan rings is 2. The quantitative estimate of drug-likeness (QED) is 0.154. The van der Waals surface area contributed by atoms with E-state index in [-0.39, 0.29) is 0 Å². The van der Waals surface area contributed by atoms with Crippen molar-refractivity contribution in [2.75, 3.05) is 0 Å². The van der Waals surface area contributed by atoms with Crippen LogP contribution in [-0.4, -0.2) is 26.6 Å². The molecule has 94 heavy (non-hydrogen) atoms. The number of benzene rings is 14. The Morgan fingerprint density at radius 1 is 0.277 bits per heavy atom. The molecule has 8 nitrogen and oxygen atoms in total. The molecule has 2 aliphatic carbocycles. The van der Waals surface area contributed by atoms with E-state index in [1.54, 1.807) is 0 Å². The van der Waals surface area contributed by atoms with Crippen LogP contribution in [0.15, 0.2) is 310 Å². The molecule has 0 saturated carbocycles. The SMILES string of the molecule is c1ccc(C2=NC(c3ccc(-c4ccc5c6c(cccc46)-c4ccc(-c6cccc7c6-c6ccc(-c8ccc9c(c8)oc8cccc(-c%10nc(-c%11ccccc%11)nc(-c%11ccccc%11)n%10)c89)c8cccc-7c68)cc4-5)c4oc5ccccc5c34)NC(c3ccccc3)=N2)cc1. The van der Waals surface area contributed by atoms with Gasteiger partial charge >= 0.3 is 0 Å². The highest BCUT2D eigenvalue weighted by Gasteiger charge is 2.31. The van der Waals surface area contributed by atoms with Crippen LogP contribution in [0.25, 0.3) is 177 Å². The number of amidine groups is 2. The summed E-state index contributed by atoms with van der Waals surface area (Å²) in [5.41, 5.74) is 25.6. The summed E-state index contributed by atoms with van der Waals surface area (Å²) in [5.74, 6) is 3.27. The standard InChI is InChI=1S/C86H50N6O2/c1-5-19-49(20-6-1)81-87-82(50-21-7-2-8-22-50)90-85(89-81)69-34-18-36-73-78(69)67-40-38-54(48-74(67)93-73)55-41-45-68-75-56(28-15-32-62(75)63-33-16-29-59(55)77(63)68)53-37-39-58-61-31-17-30-60-57(42-43-64(76(60)61)71(58)47-53)65-44-46-70(79-66-27-13-14-35-72(66)94-80(65)79)86-91-83(51-23-9-3-10-24-51)88-84(92-86)52-25-11-4-12-26-52/h1-48,86H,(H,88,91,92). The molecule has 0 saturated heterocycles. The van der Waals surface area contributed by atoms with Gasteiger partial charge in [0.1, 0.15) is 34.3 Å². The molecule has 0 amide bonds. The molecule has 14 aromatic carbocycles. The average molecular weight is 1200 g/mol. The predicted octanol–water partition coefficient (Wildman–Crippen LogP) is 21.8. The highest BCUT2D eigenvalue weighted by Crippen LogP contribution is 2.56. The van der Waals surface area contributed by atoms with E-state index >= 15 is 0 Å². The van der Waals surface area contributed by atoms with Gasteiger partial charge < -0.3 is 14.2 Å². The van der Waals surface area contributed by atoms with Crippen molar-refractivity contribution in [1.29, 1.82) is 0 Å². The van der Waals surface area contributed by atoms with Crippen molar-refractivity contribution in [2.45, 2.75) is 6.17 Å². The number of nitrogens with one attached hydrogen (secondary N) is 1. The molecule has 20 rings (SSSR count). The summed E-state index contributed by atoms with van der Waals surface area (Å²) in [6.07, 6.45) is -0.440. The first kappa shape index (κ1) is 52.2. The summed E-state index contributed by atoms with van der Waals surface area (Å²) in [5, 5.41) is 12.7. The van der Waals surface area contributed by atoms with Gasteiger partial charge in [0, 0.05) is 60.5 Å². The lowest BCUT2D eigenvalue weighted by Gasteiger charge is -2.24. The first-order valence-corrected chi connectivity index (χ1v) is 31.8. The first-order chi connectivity index (χ1) is 46.6. The van der Waals surface area contributed by atoms with Gasteiger partial charge in [-0.1, -0.05) is 261 Å². The second-order valence-corrected chi connectivity index (χ2v) is 24.5. The maximum Gasteiger partial charge on any atom is 0.164 e. The highest BCUT2D eigenvalue weighted by atomic mass is 16.3. The van der Waals surface area contributed by atoms with Gasteiger partial charge in [-0.3, -0.25) is 0 Å². The predicted molar refractivity (Wildman–Crippen MR) is 383 cm³/mol. The zero-order valence-corrected chi connectivity index (χ0v) is 50.3. The number of aliphatic imine (C=N–C) groups is 2. The second kappa shape index (κ2) is 20.4. The van der Waals surface area contributed by atoms with Crippen LogP contribution >= 0.6 is 0 Å². The van der Waals surface area contributed by atoms with Crippen molar-refractivity contribution in [3.8, 4) is 112 Å².